The van der Waals surface area contributed by atoms with Crippen molar-refractivity contribution in [3.05, 3.63) is 91.4 Å². The maximum atomic E-state index is 13.0. The molecule has 3 amide bonds. The summed E-state index contributed by atoms with van der Waals surface area (Å²) in [5.41, 5.74) is -0.415. The largest absolute Gasteiger partial charge is 0.486 e. The number of carbonyl (C=O) groups excluding carboxylic acids is 3. The number of hydrogen-bond donors (Lipinski definition) is 1. The zero-order valence-corrected chi connectivity index (χ0v) is 21.6. The first-order valence-electron chi connectivity index (χ1n) is 11.8. The second-order valence-corrected chi connectivity index (χ2v) is 9.47. The number of fused-ring (bicyclic) bond motifs is 1. The zero-order chi connectivity index (χ0) is 29.1. The fourth-order valence-corrected chi connectivity index (χ4v) is 4.73. The van der Waals surface area contributed by atoms with E-state index in [1.165, 1.54) is 12.1 Å². The van der Waals surface area contributed by atoms with Gasteiger partial charge in [0.25, 0.3) is 16.8 Å². The molecule has 0 radical (unpaired) electrons. The quantitative estimate of drug-likeness (QED) is 0.221. The van der Waals surface area contributed by atoms with E-state index >= 15 is 0 Å². The number of nitrogens with one attached hydrogen (secondary N) is 1. The first-order valence-corrected chi connectivity index (χ1v) is 12.7. The molecule has 2 aliphatic heterocycles. The van der Waals surface area contributed by atoms with E-state index in [4.69, 9.17) is 14.2 Å². The first-order chi connectivity index (χ1) is 19.7. The first kappa shape index (κ1) is 27.1. The highest BCUT2D eigenvalue weighted by Crippen LogP contribution is 2.38. The maximum Gasteiger partial charge on any atom is 0.318 e. The highest BCUT2D eigenvalue weighted by atomic mass is 32.2. The van der Waals surface area contributed by atoms with E-state index in [-0.39, 0.29) is 16.4 Å². The molecule has 2 heterocycles. The molecule has 0 unspecified atom stereocenters. The number of nitro benzene ring substituents is 2. The van der Waals surface area contributed by atoms with Crippen LogP contribution in [0.2, 0.25) is 0 Å². The molecule has 41 heavy (non-hydrogen) atoms. The Morgan fingerprint density at radius 1 is 0.976 bits per heavy atom. The lowest BCUT2D eigenvalue weighted by Crippen LogP contribution is -2.36. The number of amides is 3. The average Bonchev–Trinajstić information content (AvgIpc) is 3.21. The highest BCUT2D eigenvalue weighted by Gasteiger charge is 2.36. The number of nitrogens with zero attached hydrogens (tertiary/aromatic N) is 3. The predicted octanol–water partition coefficient (Wildman–Crippen LogP) is 4.74. The van der Waals surface area contributed by atoms with Crippen LogP contribution in [-0.2, 0) is 9.59 Å². The van der Waals surface area contributed by atoms with Crippen LogP contribution in [0.1, 0.15) is 5.56 Å². The number of nitro groups is 2. The van der Waals surface area contributed by atoms with E-state index in [2.05, 4.69) is 5.32 Å². The monoisotopic (exact) mass is 578 g/mol. The third kappa shape index (κ3) is 5.94. The van der Waals surface area contributed by atoms with Crippen molar-refractivity contribution in [3.63, 3.8) is 0 Å². The van der Waals surface area contributed by atoms with Gasteiger partial charge in [-0.2, -0.15) is 0 Å². The number of anilines is 1. The van der Waals surface area contributed by atoms with Crippen LogP contribution in [0.5, 0.6) is 23.0 Å². The molecular formula is C26H18N4O10S. The second kappa shape index (κ2) is 11.4. The molecule has 1 N–H and O–H groups in total. The topological polar surface area (TPSA) is 180 Å². The van der Waals surface area contributed by atoms with Crippen LogP contribution in [0, 0.1) is 20.2 Å². The van der Waals surface area contributed by atoms with Crippen molar-refractivity contribution >= 4 is 52.0 Å². The van der Waals surface area contributed by atoms with Gasteiger partial charge in [-0.3, -0.25) is 39.5 Å². The normalized spacial score (nSPS) is 15.1. The van der Waals surface area contributed by atoms with Gasteiger partial charge in [-0.15, -0.1) is 0 Å². The molecule has 1 saturated heterocycles. The minimum absolute atomic E-state index is 0.00335. The van der Waals surface area contributed by atoms with Crippen molar-refractivity contribution in [1.29, 1.82) is 0 Å². The lowest BCUT2D eigenvalue weighted by molar-refractivity contribution is -0.394. The lowest BCUT2D eigenvalue weighted by atomic mass is 10.1. The van der Waals surface area contributed by atoms with Crippen LogP contribution >= 0.6 is 11.8 Å². The number of benzene rings is 3. The molecule has 0 spiro atoms. The van der Waals surface area contributed by atoms with Gasteiger partial charge in [-0.25, -0.2) is 0 Å². The van der Waals surface area contributed by atoms with Gasteiger partial charge in [0.1, 0.15) is 25.5 Å². The van der Waals surface area contributed by atoms with Gasteiger partial charge in [-0.1, -0.05) is 18.2 Å². The Kier molecular flexibility index (Phi) is 7.51. The van der Waals surface area contributed by atoms with Crippen molar-refractivity contribution in [3.8, 4) is 23.0 Å². The van der Waals surface area contributed by atoms with Gasteiger partial charge < -0.3 is 19.5 Å². The Balaban J connectivity index is 1.32. The summed E-state index contributed by atoms with van der Waals surface area (Å²) >= 11 is 0.615. The fraction of sp³-hybridized carbons (Fsp3) is 0.115. The fourth-order valence-electron chi connectivity index (χ4n) is 3.90. The molecule has 2 aliphatic rings. The van der Waals surface area contributed by atoms with Gasteiger partial charge in [0.15, 0.2) is 11.5 Å². The minimum atomic E-state index is -0.813. The third-order valence-corrected chi connectivity index (χ3v) is 6.68. The van der Waals surface area contributed by atoms with Gasteiger partial charge in [0.05, 0.1) is 20.8 Å². The molecule has 0 aromatic heterocycles. The summed E-state index contributed by atoms with van der Waals surface area (Å²) in [5.74, 6) is -0.494. The summed E-state index contributed by atoms with van der Waals surface area (Å²) in [6.45, 7) is 0.245. The Hall–Kier alpha value is -5.44. The van der Waals surface area contributed by atoms with Gasteiger partial charge in [0, 0.05) is 23.4 Å². The number of carbonyl (C=O) groups is 3. The van der Waals surface area contributed by atoms with Crippen molar-refractivity contribution in [1.82, 2.24) is 4.90 Å². The molecule has 3 aromatic rings. The SMILES string of the molecule is O=C(CN1C(=O)S/C(=C/c2ccccc2Oc2ccc([N+](=O)[O-])cc2[N+](=O)[O-])C1=O)Nc1ccc2c(c1)OCCO2. The van der Waals surface area contributed by atoms with Crippen molar-refractivity contribution in [2.75, 3.05) is 25.1 Å². The van der Waals surface area contributed by atoms with Crippen molar-refractivity contribution < 1.29 is 38.4 Å². The summed E-state index contributed by atoms with van der Waals surface area (Å²) < 4.78 is 16.6. The van der Waals surface area contributed by atoms with Crippen molar-refractivity contribution in [2.45, 2.75) is 0 Å². The van der Waals surface area contributed by atoms with Gasteiger partial charge in [-0.05, 0) is 42.1 Å². The number of imide groups is 1. The predicted molar refractivity (Wildman–Crippen MR) is 145 cm³/mol. The number of rotatable bonds is 8. The molecule has 0 saturated carbocycles. The van der Waals surface area contributed by atoms with E-state index in [9.17, 15) is 34.6 Å². The minimum Gasteiger partial charge on any atom is -0.486 e. The van der Waals surface area contributed by atoms with Crippen LogP contribution in [-0.4, -0.2) is 51.6 Å². The van der Waals surface area contributed by atoms with Crippen LogP contribution < -0.4 is 19.5 Å². The summed E-state index contributed by atoms with van der Waals surface area (Å²) in [7, 11) is 0. The number of non-ortho nitro benzene ring substituents is 1. The van der Waals surface area contributed by atoms with Crippen LogP contribution in [0.25, 0.3) is 6.08 Å². The standard InChI is InChI=1S/C26H18N4O10S/c31-24(27-16-5-7-21-22(12-16)39-10-9-38-21)14-28-25(32)23(41-26(28)33)11-15-3-1-2-4-19(15)40-20-8-6-17(29(34)35)13-18(20)30(36)37/h1-8,11-13H,9-10,14H2,(H,27,31)/b23-11+. The highest BCUT2D eigenvalue weighted by molar-refractivity contribution is 8.18. The van der Waals surface area contributed by atoms with E-state index in [1.54, 1.807) is 36.4 Å². The lowest BCUT2D eigenvalue weighted by Gasteiger charge is -2.19. The Morgan fingerprint density at radius 2 is 1.73 bits per heavy atom. The number of ether oxygens (including phenoxy) is 3. The van der Waals surface area contributed by atoms with Crippen LogP contribution in [0.4, 0.5) is 21.9 Å². The van der Waals surface area contributed by atoms with E-state index in [1.807, 2.05) is 0 Å². The smallest absolute Gasteiger partial charge is 0.318 e. The average molecular weight is 579 g/mol. The van der Waals surface area contributed by atoms with Crippen LogP contribution in [0.3, 0.4) is 0 Å². The van der Waals surface area contributed by atoms with Gasteiger partial charge >= 0.3 is 5.69 Å². The zero-order valence-electron chi connectivity index (χ0n) is 20.8. The number of hydrogen-bond acceptors (Lipinski definition) is 11. The molecule has 0 aliphatic carbocycles. The summed E-state index contributed by atoms with van der Waals surface area (Å²) in [6, 6.07) is 14.0. The molecule has 5 rings (SSSR count). The van der Waals surface area contributed by atoms with Crippen molar-refractivity contribution in [2.24, 2.45) is 0 Å². The Bertz CT molecular complexity index is 1640. The Morgan fingerprint density at radius 3 is 2.49 bits per heavy atom. The second-order valence-electron chi connectivity index (χ2n) is 8.48. The summed E-state index contributed by atoms with van der Waals surface area (Å²) in [5, 5.41) is 24.5. The third-order valence-electron chi connectivity index (χ3n) is 5.78. The molecule has 3 aromatic carbocycles. The van der Waals surface area contributed by atoms with Crippen LogP contribution in [0.15, 0.2) is 65.6 Å². The molecule has 208 valence electrons. The molecule has 0 bridgehead atoms. The Labute approximate surface area is 234 Å². The summed E-state index contributed by atoms with van der Waals surface area (Å²) in [6.07, 6.45) is 1.36. The van der Waals surface area contributed by atoms with Gasteiger partial charge in [0.2, 0.25) is 11.7 Å². The number of para-hydroxylation sites is 1. The molecule has 15 heteroatoms. The van der Waals surface area contributed by atoms with E-state index < -0.39 is 44.8 Å². The number of thioether (sulfide) groups is 1. The molecule has 14 nitrogen and oxygen atoms in total. The maximum absolute atomic E-state index is 13.0. The molecular weight excluding hydrogens is 560 g/mol. The summed E-state index contributed by atoms with van der Waals surface area (Å²) in [4.78, 5) is 60.0. The van der Waals surface area contributed by atoms with E-state index in [0.717, 1.165) is 23.1 Å². The molecule has 1 fully saturated rings. The van der Waals surface area contributed by atoms with E-state index in [0.29, 0.717) is 47.7 Å². The molecule has 0 atom stereocenters.